The molecule has 4 nitrogen and oxygen atoms in total. The number of carbonyl (C=O) groups is 2. The molecule has 0 amide bonds. The van der Waals surface area contributed by atoms with Crippen LogP contribution in [0.4, 0.5) is 0 Å². The maximum absolute atomic E-state index is 12.3. The fourth-order valence-corrected chi connectivity index (χ4v) is 4.57. The van der Waals surface area contributed by atoms with Gasteiger partial charge in [-0.25, -0.2) is 0 Å². The van der Waals surface area contributed by atoms with Crippen LogP contribution < -0.4 is 0 Å². The van der Waals surface area contributed by atoms with E-state index in [1.165, 1.54) is 11.1 Å². The molecule has 1 atom stereocenters. The number of piperidine rings is 1. The molecule has 2 aliphatic heterocycles. The highest BCUT2D eigenvalue weighted by Crippen LogP contribution is 2.33. The summed E-state index contributed by atoms with van der Waals surface area (Å²) in [5, 5.41) is 0. The molecule has 4 rings (SSSR count). The number of benzene rings is 2. The minimum absolute atomic E-state index is 0.0854. The standard InChI is InChI=1S/C24H28N2O2/c27-18-23-22-9-5-4-8-21(22)17-26(23)16-19-10-13-25(14-11-19)15-12-24(28)20-6-2-1-3-7-20/h1-9,18-19,23H,10-17H2. The lowest BCUT2D eigenvalue weighted by molar-refractivity contribution is -0.112. The van der Waals surface area contributed by atoms with Gasteiger partial charge < -0.3 is 9.69 Å². The average Bonchev–Trinajstić information content (AvgIpc) is 3.10. The average molecular weight is 377 g/mol. The minimum Gasteiger partial charge on any atom is -0.303 e. The van der Waals surface area contributed by atoms with Crippen LogP contribution in [0.5, 0.6) is 0 Å². The van der Waals surface area contributed by atoms with E-state index < -0.39 is 0 Å². The highest BCUT2D eigenvalue weighted by Gasteiger charge is 2.32. The van der Waals surface area contributed by atoms with E-state index in [-0.39, 0.29) is 11.8 Å². The summed E-state index contributed by atoms with van der Waals surface area (Å²) < 4.78 is 0. The predicted octanol–water partition coefficient (Wildman–Crippen LogP) is 3.73. The van der Waals surface area contributed by atoms with Gasteiger partial charge in [0.1, 0.15) is 6.29 Å². The van der Waals surface area contributed by atoms with Crippen LogP contribution in [0.15, 0.2) is 54.6 Å². The van der Waals surface area contributed by atoms with Gasteiger partial charge in [0.15, 0.2) is 5.78 Å². The fourth-order valence-electron chi connectivity index (χ4n) is 4.57. The number of hydrogen-bond donors (Lipinski definition) is 0. The Morgan fingerprint density at radius 3 is 2.46 bits per heavy atom. The van der Waals surface area contributed by atoms with Gasteiger partial charge in [-0.15, -0.1) is 0 Å². The molecule has 4 heteroatoms. The normalized spacial score (nSPS) is 20.8. The summed E-state index contributed by atoms with van der Waals surface area (Å²) in [6.07, 6.45) is 3.95. The van der Waals surface area contributed by atoms with Crippen molar-refractivity contribution in [3.05, 3.63) is 71.3 Å². The summed E-state index contributed by atoms with van der Waals surface area (Å²) >= 11 is 0. The maximum Gasteiger partial charge on any atom is 0.164 e. The Morgan fingerprint density at radius 1 is 1.00 bits per heavy atom. The third kappa shape index (κ3) is 4.23. The van der Waals surface area contributed by atoms with Crippen molar-refractivity contribution in [3.8, 4) is 0 Å². The van der Waals surface area contributed by atoms with Crippen LogP contribution in [0.2, 0.25) is 0 Å². The molecule has 2 aromatic rings. The Balaban J connectivity index is 1.24. The van der Waals surface area contributed by atoms with Crippen molar-refractivity contribution in [3.63, 3.8) is 0 Å². The van der Waals surface area contributed by atoms with Crippen molar-refractivity contribution in [1.29, 1.82) is 0 Å². The molecule has 28 heavy (non-hydrogen) atoms. The zero-order chi connectivity index (χ0) is 19.3. The lowest BCUT2D eigenvalue weighted by Gasteiger charge is -2.34. The van der Waals surface area contributed by atoms with Gasteiger partial charge in [-0.2, -0.15) is 0 Å². The first-order valence-electron chi connectivity index (χ1n) is 10.3. The molecular formula is C24H28N2O2. The smallest absolute Gasteiger partial charge is 0.164 e. The van der Waals surface area contributed by atoms with Crippen molar-refractivity contribution in [2.75, 3.05) is 26.2 Å². The molecule has 2 aromatic carbocycles. The largest absolute Gasteiger partial charge is 0.303 e. The third-order valence-electron chi connectivity index (χ3n) is 6.22. The molecule has 0 spiro atoms. The van der Waals surface area contributed by atoms with E-state index in [0.717, 1.165) is 57.4 Å². The minimum atomic E-state index is -0.0854. The van der Waals surface area contributed by atoms with E-state index in [4.69, 9.17) is 0 Å². The first kappa shape index (κ1) is 19.0. The number of carbonyl (C=O) groups excluding carboxylic acids is 2. The maximum atomic E-state index is 12.3. The highest BCUT2D eigenvalue weighted by atomic mass is 16.1. The quantitative estimate of drug-likeness (QED) is 0.545. The van der Waals surface area contributed by atoms with Gasteiger partial charge in [0.05, 0.1) is 6.04 Å². The van der Waals surface area contributed by atoms with Gasteiger partial charge in [0, 0.05) is 31.6 Å². The Bertz CT molecular complexity index is 812. The van der Waals surface area contributed by atoms with Gasteiger partial charge in [-0.3, -0.25) is 9.69 Å². The summed E-state index contributed by atoms with van der Waals surface area (Å²) in [6.45, 7) is 4.78. The summed E-state index contributed by atoms with van der Waals surface area (Å²) in [4.78, 5) is 28.7. The zero-order valence-electron chi connectivity index (χ0n) is 16.3. The number of aldehydes is 1. The number of fused-ring (bicyclic) bond motifs is 1. The highest BCUT2D eigenvalue weighted by molar-refractivity contribution is 5.96. The van der Waals surface area contributed by atoms with Gasteiger partial charge in [0.25, 0.3) is 0 Å². The Morgan fingerprint density at radius 2 is 1.71 bits per heavy atom. The molecule has 146 valence electrons. The molecular weight excluding hydrogens is 348 g/mol. The molecule has 0 aliphatic carbocycles. The monoisotopic (exact) mass is 376 g/mol. The van der Waals surface area contributed by atoms with Gasteiger partial charge in [-0.1, -0.05) is 54.6 Å². The summed E-state index contributed by atoms with van der Waals surface area (Å²) in [5.74, 6) is 0.851. The van der Waals surface area contributed by atoms with Gasteiger partial charge >= 0.3 is 0 Å². The molecule has 2 aliphatic rings. The van der Waals surface area contributed by atoms with E-state index in [9.17, 15) is 9.59 Å². The second-order valence-corrected chi connectivity index (χ2v) is 8.03. The summed E-state index contributed by atoms with van der Waals surface area (Å²) in [6, 6.07) is 17.8. The fraction of sp³-hybridized carbons (Fsp3) is 0.417. The molecule has 0 radical (unpaired) electrons. The van der Waals surface area contributed by atoms with E-state index >= 15 is 0 Å². The Kier molecular flexibility index (Phi) is 5.98. The van der Waals surface area contributed by atoms with Crippen LogP contribution in [-0.4, -0.2) is 48.0 Å². The van der Waals surface area contributed by atoms with Crippen molar-refractivity contribution < 1.29 is 9.59 Å². The number of hydrogen-bond acceptors (Lipinski definition) is 4. The number of likely N-dealkylation sites (tertiary alicyclic amines) is 1. The second-order valence-electron chi connectivity index (χ2n) is 8.03. The van der Waals surface area contributed by atoms with Crippen LogP contribution in [0.3, 0.4) is 0 Å². The molecule has 1 fully saturated rings. The molecule has 0 aromatic heterocycles. The van der Waals surface area contributed by atoms with Crippen molar-refractivity contribution in [2.45, 2.75) is 31.8 Å². The van der Waals surface area contributed by atoms with Gasteiger partial charge in [-0.05, 0) is 43.0 Å². The van der Waals surface area contributed by atoms with Crippen molar-refractivity contribution in [1.82, 2.24) is 9.80 Å². The van der Waals surface area contributed by atoms with Crippen molar-refractivity contribution >= 4 is 12.1 Å². The Hall–Kier alpha value is -2.30. The van der Waals surface area contributed by atoms with Gasteiger partial charge in [0.2, 0.25) is 0 Å². The number of rotatable bonds is 7. The van der Waals surface area contributed by atoms with Crippen LogP contribution in [-0.2, 0) is 11.3 Å². The topological polar surface area (TPSA) is 40.6 Å². The number of ketones is 1. The van der Waals surface area contributed by atoms with Crippen molar-refractivity contribution in [2.24, 2.45) is 5.92 Å². The lowest BCUT2D eigenvalue weighted by Crippen LogP contribution is -2.39. The molecule has 0 N–H and O–H groups in total. The molecule has 1 saturated heterocycles. The first-order valence-corrected chi connectivity index (χ1v) is 10.3. The van der Waals surface area contributed by atoms with E-state index in [1.54, 1.807) is 0 Å². The molecule has 0 saturated carbocycles. The van der Waals surface area contributed by atoms with Crippen LogP contribution in [0.1, 0.15) is 46.8 Å². The lowest BCUT2D eigenvalue weighted by atomic mass is 9.95. The SMILES string of the molecule is O=CC1c2ccccc2CN1CC1CCN(CCC(=O)c2ccccc2)CC1. The van der Waals surface area contributed by atoms with Crippen LogP contribution >= 0.6 is 0 Å². The summed E-state index contributed by atoms with van der Waals surface area (Å²) in [7, 11) is 0. The number of nitrogens with zero attached hydrogens (tertiary/aromatic N) is 2. The van der Waals surface area contributed by atoms with E-state index in [1.807, 2.05) is 36.4 Å². The third-order valence-corrected chi connectivity index (χ3v) is 6.22. The number of Topliss-reactive ketones (excluding diaryl/α,β-unsaturated/α-hetero) is 1. The molecule has 2 heterocycles. The van der Waals surface area contributed by atoms with E-state index in [0.29, 0.717) is 12.3 Å². The van der Waals surface area contributed by atoms with Crippen LogP contribution in [0, 0.1) is 5.92 Å². The van der Waals surface area contributed by atoms with Crippen LogP contribution in [0.25, 0.3) is 0 Å². The van der Waals surface area contributed by atoms with E-state index in [2.05, 4.69) is 28.0 Å². The Labute approximate surface area is 167 Å². The zero-order valence-corrected chi connectivity index (χ0v) is 16.3. The summed E-state index contributed by atoms with van der Waals surface area (Å²) in [5.41, 5.74) is 3.27. The first-order chi connectivity index (χ1) is 13.7. The predicted molar refractivity (Wildman–Crippen MR) is 110 cm³/mol. The molecule has 1 unspecified atom stereocenters. The molecule has 0 bridgehead atoms. The second kappa shape index (κ2) is 8.80.